The fraction of sp³-hybridized carbons (Fsp3) is 0.133. The number of rotatable bonds is 3. The molecule has 0 fully saturated rings. The molecule has 0 aromatic heterocycles. The molecule has 0 unspecified atom stereocenters. The van der Waals surface area contributed by atoms with E-state index in [0.717, 1.165) is 17.4 Å². The molecule has 1 atom stereocenters. The SMILES string of the molecule is Cc1ccc([C@](Br)(C=O)c2ccccc2)cc1. The van der Waals surface area contributed by atoms with Crippen LogP contribution in [0.15, 0.2) is 54.6 Å². The minimum atomic E-state index is -0.748. The minimum absolute atomic E-state index is 0.748. The molecule has 2 rings (SSSR count). The van der Waals surface area contributed by atoms with Crippen molar-refractivity contribution in [1.82, 2.24) is 0 Å². The van der Waals surface area contributed by atoms with Crippen LogP contribution in [0.4, 0.5) is 0 Å². The van der Waals surface area contributed by atoms with E-state index >= 15 is 0 Å². The highest BCUT2D eigenvalue weighted by molar-refractivity contribution is 9.10. The summed E-state index contributed by atoms with van der Waals surface area (Å²) in [6.07, 6.45) is 0.938. The van der Waals surface area contributed by atoms with Gasteiger partial charge >= 0.3 is 0 Å². The van der Waals surface area contributed by atoms with Gasteiger partial charge in [0.05, 0.1) is 0 Å². The predicted octanol–water partition coefficient (Wildman–Crippen LogP) is 3.83. The molecule has 0 N–H and O–H groups in total. The predicted molar refractivity (Wildman–Crippen MR) is 73.4 cm³/mol. The maximum atomic E-state index is 11.5. The largest absolute Gasteiger partial charge is 0.301 e. The molecule has 2 aromatic carbocycles. The number of hydrogen-bond acceptors (Lipinski definition) is 1. The molecule has 2 heteroatoms. The van der Waals surface area contributed by atoms with Crippen molar-refractivity contribution in [3.63, 3.8) is 0 Å². The van der Waals surface area contributed by atoms with Crippen LogP contribution in [0.1, 0.15) is 16.7 Å². The van der Waals surface area contributed by atoms with E-state index in [0.29, 0.717) is 0 Å². The first-order valence-electron chi connectivity index (χ1n) is 5.45. The van der Waals surface area contributed by atoms with Gasteiger partial charge in [-0.2, -0.15) is 0 Å². The number of halogens is 1. The summed E-state index contributed by atoms with van der Waals surface area (Å²) >= 11 is 3.56. The zero-order valence-corrected chi connectivity index (χ0v) is 11.1. The molecule has 0 radical (unpaired) electrons. The van der Waals surface area contributed by atoms with E-state index in [1.165, 1.54) is 5.56 Å². The van der Waals surface area contributed by atoms with Gasteiger partial charge in [-0.25, -0.2) is 0 Å². The lowest BCUT2D eigenvalue weighted by Crippen LogP contribution is -2.21. The highest BCUT2D eigenvalue weighted by Crippen LogP contribution is 2.36. The topological polar surface area (TPSA) is 17.1 Å². The molecule has 17 heavy (non-hydrogen) atoms. The Balaban J connectivity index is 2.51. The first-order chi connectivity index (χ1) is 8.16. The van der Waals surface area contributed by atoms with Crippen LogP contribution in [0, 0.1) is 6.92 Å². The zero-order chi connectivity index (χ0) is 12.3. The van der Waals surface area contributed by atoms with Crippen molar-refractivity contribution in [1.29, 1.82) is 0 Å². The van der Waals surface area contributed by atoms with E-state index in [1.807, 2.05) is 61.5 Å². The molecule has 0 saturated carbocycles. The van der Waals surface area contributed by atoms with Gasteiger partial charge in [-0.1, -0.05) is 76.1 Å². The summed E-state index contributed by atoms with van der Waals surface area (Å²) in [5, 5.41) is 0. The summed E-state index contributed by atoms with van der Waals surface area (Å²) < 4.78 is -0.748. The Labute approximate surface area is 110 Å². The zero-order valence-electron chi connectivity index (χ0n) is 9.56. The fourth-order valence-electron chi connectivity index (χ4n) is 1.78. The first-order valence-corrected chi connectivity index (χ1v) is 6.24. The quantitative estimate of drug-likeness (QED) is 0.620. The summed E-state index contributed by atoms with van der Waals surface area (Å²) in [7, 11) is 0. The Bertz CT molecular complexity index is 504. The highest BCUT2D eigenvalue weighted by Gasteiger charge is 2.30. The molecule has 1 nitrogen and oxygen atoms in total. The van der Waals surface area contributed by atoms with Crippen molar-refractivity contribution in [2.45, 2.75) is 11.2 Å². The van der Waals surface area contributed by atoms with Crippen LogP contribution in [0.5, 0.6) is 0 Å². The third-order valence-corrected chi connectivity index (χ3v) is 3.93. The molecular formula is C15H13BrO. The van der Waals surface area contributed by atoms with Crippen molar-refractivity contribution in [2.24, 2.45) is 0 Å². The van der Waals surface area contributed by atoms with Gasteiger partial charge < -0.3 is 4.79 Å². The summed E-state index contributed by atoms with van der Waals surface area (Å²) in [6.45, 7) is 2.03. The number of benzene rings is 2. The molecule has 0 aliphatic heterocycles. The average Bonchev–Trinajstić information content (AvgIpc) is 2.40. The molecule has 0 heterocycles. The van der Waals surface area contributed by atoms with E-state index in [9.17, 15) is 4.79 Å². The smallest absolute Gasteiger partial charge is 0.145 e. The average molecular weight is 289 g/mol. The van der Waals surface area contributed by atoms with Gasteiger partial charge in [-0.3, -0.25) is 0 Å². The molecule has 86 valence electrons. The lowest BCUT2D eigenvalue weighted by Gasteiger charge is -2.22. The van der Waals surface area contributed by atoms with Gasteiger partial charge in [-0.15, -0.1) is 0 Å². The van der Waals surface area contributed by atoms with E-state index < -0.39 is 4.32 Å². The van der Waals surface area contributed by atoms with Crippen molar-refractivity contribution >= 4 is 22.2 Å². The van der Waals surface area contributed by atoms with Crippen LogP contribution < -0.4 is 0 Å². The third kappa shape index (κ3) is 2.32. The Morgan fingerprint density at radius 3 is 2.00 bits per heavy atom. The van der Waals surface area contributed by atoms with Crippen molar-refractivity contribution in [2.75, 3.05) is 0 Å². The molecule has 0 spiro atoms. The van der Waals surface area contributed by atoms with E-state index in [4.69, 9.17) is 0 Å². The van der Waals surface area contributed by atoms with Crippen LogP contribution in [0.3, 0.4) is 0 Å². The second kappa shape index (κ2) is 4.84. The van der Waals surface area contributed by atoms with Crippen molar-refractivity contribution in [3.05, 3.63) is 71.3 Å². The fourth-order valence-corrected chi connectivity index (χ4v) is 2.31. The van der Waals surface area contributed by atoms with E-state index in [1.54, 1.807) is 0 Å². The molecule has 0 bridgehead atoms. The summed E-state index contributed by atoms with van der Waals surface area (Å²) in [5.41, 5.74) is 3.07. The second-order valence-corrected chi connectivity index (χ2v) is 5.31. The van der Waals surface area contributed by atoms with E-state index in [-0.39, 0.29) is 0 Å². The number of aldehydes is 1. The highest BCUT2D eigenvalue weighted by atomic mass is 79.9. The maximum absolute atomic E-state index is 11.5. The number of hydrogen-bond donors (Lipinski definition) is 0. The second-order valence-electron chi connectivity index (χ2n) is 4.06. The standard InChI is InChI=1S/C15H13BrO/c1-12-7-9-14(10-8-12)15(16,11-17)13-5-3-2-4-6-13/h2-11H,1H3/t15-/m0/s1. The van der Waals surface area contributed by atoms with Crippen molar-refractivity contribution in [3.8, 4) is 0 Å². The number of aryl methyl sites for hydroxylation is 1. The molecule has 2 aromatic rings. The van der Waals surface area contributed by atoms with Gasteiger partial charge in [0.2, 0.25) is 0 Å². The van der Waals surface area contributed by atoms with Gasteiger partial charge in [0, 0.05) is 0 Å². The first kappa shape index (κ1) is 12.1. The van der Waals surface area contributed by atoms with Crippen LogP contribution in [-0.4, -0.2) is 6.29 Å². The number of carbonyl (C=O) groups is 1. The Morgan fingerprint density at radius 2 is 1.47 bits per heavy atom. The molecular weight excluding hydrogens is 276 g/mol. The minimum Gasteiger partial charge on any atom is -0.301 e. The third-order valence-electron chi connectivity index (χ3n) is 2.83. The lowest BCUT2D eigenvalue weighted by molar-refractivity contribution is -0.109. The van der Waals surface area contributed by atoms with Gasteiger partial charge in [0.15, 0.2) is 0 Å². The Kier molecular flexibility index (Phi) is 3.43. The normalized spacial score (nSPS) is 14.0. The van der Waals surface area contributed by atoms with Crippen LogP contribution in [0.2, 0.25) is 0 Å². The molecule has 0 amide bonds. The Morgan fingerprint density at radius 1 is 0.941 bits per heavy atom. The van der Waals surface area contributed by atoms with Crippen LogP contribution >= 0.6 is 15.9 Å². The van der Waals surface area contributed by atoms with Gasteiger partial charge in [0.1, 0.15) is 10.6 Å². The lowest BCUT2D eigenvalue weighted by atomic mass is 9.92. The molecule has 0 aliphatic carbocycles. The van der Waals surface area contributed by atoms with E-state index in [2.05, 4.69) is 15.9 Å². The van der Waals surface area contributed by atoms with Gasteiger partial charge in [0.25, 0.3) is 0 Å². The molecule has 0 saturated heterocycles. The summed E-state index contributed by atoms with van der Waals surface area (Å²) in [5.74, 6) is 0. The number of carbonyl (C=O) groups excluding carboxylic acids is 1. The monoisotopic (exact) mass is 288 g/mol. The number of alkyl halides is 1. The summed E-state index contributed by atoms with van der Waals surface area (Å²) in [4.78, 5) is 11.5. The van der Waals surface area contributed by atoms with Gasteiger partial charge in [-0.05, 0) is 18.1 Å². The van der Waals surface area contributed by atoms with Crippen LogP contribution in [0.25, 0.3) is 0 Å². The summed E-state index contributed by atoms with van der Waals surface area (Å²) in [6, 6.07) is 17.7. The maximum Gasteiger partial charge on any atom is 0.145 e. The molecule has 0 aliphatic rings. The Hall–Kier alpha value is -1.41. The van der Waals surface area contributed by atoms with Crippen LogP contribution in [-0.2, 0) is 9.12 Å². The van der Waals surface area contributed by atoms with Crippen molar-refractivity contribution < 1.29 is 4.79 Å².